The molecule has 0 fully saturated rings. The highest BCUT2D eigenvalue weighted by molar-refractivity contribution is 6.76. The number of nitrogens with one attached hydrogen (secondary N) is 1. The second-order valence-corrected chi connectivity index (χ2v) is 9.90. The lowest BCUT2D eigenvalue weighted by Crippen LogP contribution is -2.46. The van der Waals surface area contributed by atoms with E-state index in [1.165, 1.54) is 38.5 Å². The summed E-state index contributed by atoms with van der Waals surface area (Å²) >= 11 is 16.5. The number of hydrogen-bond acceptors (Lipinski definition) is 3. The second-order valence-electron chi connectivity index (χ2n) is 7.62. The first-order valence-electron chi connectivity index (χ1n) is 9.91. The Morgan fingerprint density at radius 1 is 0.926 bits per heavy atom. The molecule has 0 unspecified atom stereocenters. The molecule has 0 aliphatic heterocycles. The normalized spacial score (nSPS) is 12.1. The highest BCUT2D eigenvalue weighted by Crippen LogP contribution is 2.25. The molecule has 5 nitrogen and oxygen atoms in total. The average Bonchev–Trinajstić information content (AvgIpc) is 2.55. The zero-order valence-electron chi connectivity index (χ0n) is 17.0. The van der Waals surface area contributed by atoms with E-state index in [1.54, 1.807) is 0 Å². The number of likely N-dealkylation sites (N-methyl/N-ethyl adjacent to an activating group) is 1. The molecule has 27 heavy (non-hydrogen) atoms. The summed E-state index contributed by atoms with van der Waals surface area (Å²) in [6.45, 7) is 4.11. The van der Waals surface area contributed by atoms with Crippen molar-refractivity contribution < 1.29 is 18.8 Å². The van der Waals surface area contributed by atoms with Crippen molar-refractivity contribution in [2.24, 2.45) is 0 Å². The van der Waals surface area contributed by atoms with Gasteiger partial charge in [0.1, 0.15) is 0 Å². The van der Waals surface area contributed by atoms with Gasteiger partial charge in [-0.1, -0.05) is 86.7 Å². The van der Waals surface area contributed by atoms with Gasteiger partial charge in [-0.15, -0.1) is 0 Å². The number of hydrogen-bond donors (Lipinski definition) is 1. The van der Waals surface area contributed by atoms with Gasteiger partial charge < -0.3 is 14.5 Å². The van der Waals surface area contributed by atoms with Gasteiger partial charge in [-0.3, -0.25) is 4.79 Å². The summed E-state index contributed by atoms with van der Waals surface area (Å²) in [5, 5.41) is 2.56. The molecule has 0 aromatic carbocycles. The van der Waals surface area contributed by atoms with Crippen LogP contribution in [-0.2, 0) is 14.3 Å². The van der Waals surface area contributed by atoms with Crippen molar-refractivity contribution in [3.05, 3.63) is 0 Å². The third kappa shape index (κ3) is 16.4. The second kappa shape index (κ2) is 14.7. The van der Waals surface area contributed by atoms with Gasteiger partial charge in [0.05, 0.1) is 27.2 Å². The van der Waals surface area contributed by atoms with E-state index < -0.39 is 9.70 Å². The number of carbonyl (C=O) groups excluding carboxylic acids is 2. The number of halogens is 3. The van der Waals surface area contributed by atoms with Gasteiger partial charge in [0.2, 0.25) is 0 Å². The summed E-state index contributed by atoms with van der Waals surface area (Å²) in [7, 11) is 3.91. The number of nitrogens with zero attached hydrogens (tertiary/aromatic N) is 1. The molecule has 0 radical (unpaired) electrons. The summed E-state index contributed by atoms with van der Waals surface area (Å²) < 4.78 is 3.88. The minimum atomic E-state index is -1.94. The van der Waals surface area contributed by atoms with Crippen LogP contribution in [0.2, 0.25) is 0 Å². The van der Waals surface area contributed by atoms with Crippen LogP contribution in [0.25, 0.3) is 0 Å². The third-order valence-corrected chi connectivity index (χ3v) is 4.82. The molecule has 0 atom stereocenters. The van der Waals surface area contributed by atoms with Crippen LogP contribution in [-0.4, -0.2) is 60.5 Å². The van der Waals surface area contributed by atoms with E-state index in [0.29, 0.717) is 37.1 Å². The Labute approximate surface area is 179 Å². The molecule has 0 bridgehead atoms. The topological polar surface area (TPSA) is 55.4 Å². The molecule has 0 spiro atoms. The van der Waals surface area contributed by atoms with Gasteiger partial charge in [-0.2, -0.15) is 0 Å². The summed E-state index contributed by atoms with van der Waals surface area (Å²) in [5.74, 6) is -0.823. The van der Waals surface area contributed by atoms with Crippen molar-refractivity contribution in [3.63, 3.8) is 0 Å². The van der Waals surface area contributed by atoms with E-state index in [1.807, 2.05) is 14.1 Å². The van der Waals surface area contributed by atoms with Crippen molar-refractivity contribution in [2.45, 2.75) is 68.5 Å². The van der Waals surface area contributed by atoms with Crippen molar-refractivity contribution in [2.75, 3.05) is 40.3 Å². The highest BCUT2D eigenvalue weighted by Gasteiger charge is 2.30. The minimum Gasteiger partial charge on any atom is -0.462 e. The van der Waals surface area contributed by atoms with Crippen LogP contribution in [0, 0.1) is 0 Å². The number of ether oxygens (including phenoxy) is 1. The minimum absolute atomic E-state index is 0.187. The lowest BCUT2D eigenvalue weighted by molar-refractivity contribution is -0.883. The Kier molecular flexibility index (Phi) is 14.6. The van der Waals surface area contributed by atoms with E-state index in [0.717, 1.165) is 12.8 Å². The molecule has 0 rings (SSSR count). The quantitative estimate of drug-likeness (QED) is 0.173. The van der Waals surface area contributed by atoms with Crippen LogP contribution in [0.4, 0.5) is 0 Å². The van der Waals surface area contributed by atoms with E-state index in [-0.39, 0.29) is 5.97 Å². The zero-order chi connectivity index (χ0) is 20.8. The number of esters is 1. The molecule has 8 heteroatoms. The van der Waals surface area contributed by atoms with Crippen molar-refractivity contribution >= 4 is 46.7 Å². The fourth-order valence-electron chi connectivity index (χ4n) is 2.71. The number of unbranched alkanes of at least 4 members (excludes halogenated alkanes) is 7. The van der Waals surface area contributed by atoms with E-state index >= 15 is 0 Å². The summed E-state index contributed by atoms with van der Waals surface area (Å²) in [6.07, 6.45) is 10.4. The lowest BCUT2D eigenvalue weighted by Gasteiger charge is -2.28. The van der Waals surface area contributed by atoms with Crippen LogP contribution in [0.1, 0.15) is 64.7 Å². The molecule has 0 aliphatic rings. The van der Waals surface area contributed by atoms with Crippen molar-refractivity contribution in [1.29, 1.82) is 0 Å². The molecule has 0 heterocycles. The molecule has 0 saturated carbocycles. The molecule has 0 aromatic rings. The SMILES string of the molecule is CCCCCCCCCCOC(=O)C[N+](C)(C)CCCNC(=O)C(Cl)(Cl)Cl. The summed E-state index contributed by atoms with van der Waals surface area (Å²) in [6, 6.07) is 0. The van der Waals surface area contributed by atoms with Gasteiger partial charge >= 0.3 is 5.97 Å². The first kappa shape index (κ1) is 26.8. The van der Waals surface area contributed by atoms with Crippen LogP contribution < -0.4 is 5.32 Å². The smallest absolute Gasteiger partial charge is 0.361 e. The Morgan fingerprint density at radius 3 is 2.04 bits per heavy atom. The molecule has 0 aliphatic carbocycles. The first-order valence-corrected chi connectivity index (χ1v) is 11.0. The predicted molar refractivity (Wildman–Crippen MR) is 113 cm³/mol. The number of alkyl halides is 3. The number of quaternary nitrogens is 1. The molecule has 1 N–H and O–H groups in total. The van der Waals surface area contributed by atoms with Crippen LogP contribution >= 0.6 is 34.8 Å². The van der Waals surface area contributed by atoms with Crippen LogP contribution in [0.3, 0.4) is 0 Å². The van der Waals surface area contributed by atoms with E-state index in [9.17, 15) is 9.59 Å². The average molecular weight is 447 g/mol. The maximum absolute atomic E-state index is 12.0. The maximum Gasteiger partial charge on any atom is 0.361 e. The summed E-state index contributed by atoms with van der Waals surface area (Å²) in [4.78, 5) is 23.4. The Hall–Kier alpha value is -0.230. The molecular formula is C19H36Cl3N2O3+. The number of amides is 1. The zero-order valence-corrected chi connectivity index (χ0v) is 19.3. The van der Waals surface area contributed by atoms with E-state index in [4.69, 9.17) is 39.5 Å². The van der Waals surface area contributed by atoms with Crippen molar-refractivity contribution in [1.82, 2.24) is 5.32 Å². The first-order chi connectivity index (χ1) is 12.6. The predicted octanol–water partition coefficient (Wildman–Crippen LogP) is 4.62. The van der Waals surface area contributed by atoms with Crippen molar-refractivity contribution in [3.8, 4) is 0 Å². The fraction of sp³-hybridized carbons (Fsp3) is 0.895. The molecule has 0 aromatic heterocycles. The third-order valence-electron chi connectivity index (χ3n) is 4.30. The molecular weight excluding hydrogens is 411 g/mol. The van der Waals surface area contributed by atoms with E-state index in [2.05, 4.69) is 12.2 Å². The van der Waals surface area contributed by atoms with Gasteiger partial charge in [-0.25, -0.2) is 4.79 Å². The van der Waals surface area contributed by atoms with Crippen LogP contribution in [0.15, 0.2) is 0 Å². The largest absolute Gasteiger partial charge is 0.462 e. The summed E-state index contributed by atoms with van der Waals surface area (Å²) in [5.41, 5.74) is 0. The molecule has 0 saturated heterocycles. The molecule has 1 amide bonds. The van der Waals surface area contributed by atoms with Gasteiger partial charge in [0.15, 0.2) is 6.54 Å². The number of rotatable bonds is 15. The fourth-order valence-corrected chi connectivity index (χ4v) is 2.91. The standard InChI is InChI=1S/C19H35Cl3N2O3/c1-4-5-6-7-8-9-10-11-15-27-17(25)16-24(2,3)14-12-13-23-18(26)19(20,21)22/h4-16H2,1-3H3/p+1. The maximum atomic E-state index is 12.0. The lowest BCUT2D eigenvalue weighted by atomic mass is 10.1. The highest BCUT2D eigenvalue weighted by atomic mass is 35.6. The monoisotopic (exact) mass is 445 g/mol. The van der Waals surface area contributed by atoms with Crippen LogP contribution in [0.5, 0.6) is 0 Å². The van der Waals surface area contributed by atoms with Gasteiger partial charge in [0, 0.05) is 13.0 Å². The van der Waals surface area contributed by atoms with Gasteiger partial charge in [0.25, 0.3) is 9.70 Å². The van der Waals surface area contributed by atoms with Gasteiger partial charge in [-0.05, 0) is 6.42 Å². The Morgan fingerprint density at radius 2 is 1.48 bits per heavy atom. The Balaban J connectivity index is 3.72. The Bertz CT molecular complexity index is 427. The number of carbonyl (C=O) groups is 2. The molecule has 160 valence electrons.